The molecule has 0 saturated heterocycles. The van der Waals surface area contributed by atoms with Crippen LogP contribution < -0.4 is 16.0 Å². The smallest absolute Gasteiger partial charge is 0.351 e. The maximum atomic E-state index is 13.3. The molecule has 156 valence electrons. The predicted octanol–water partition coefficient (Wildman–Crippen LogP) is 3.79. The Hall–Kier alpha value is -2.87. The van der Waals surface area contributed by atoms with Gasteiger partial charge in [-0.25, -0.2) is 0 Å². The monoisotopic (exact) mass is 407 g/mol. The maximum absolute atomic E-state index is 13.3. The lowest BCUT2D eigenvalue weighted by Crippen LogP contribution is -2.40. The average Bonchev–Trinajstić information content (AvgIpc) is 2.67. The molecule has 0 aliphatic rings. The Morgan fingerprint density at radius 1 is 0.966 bits per heavy atom. The van der Waals surface area contributed by atoms with Gasteiger partial charge in [-0.15, -0.1) is 0 Å². The molecule has 2 aromatic rings. The lowest BCUT2D eigenvalue weighted by molar-refractivity contribution is -0.158. The number of halogens is 3. The Morgan fingerprint density at radius 2 is 1.59 bits per heavy atom. The van der Waals surface area contributed by atoms with Gasteiger partial charge < -0.3 is 10.6 Å². The summed E-state index contributed by atoms with van der Waals surface area (Å²) in [6.07, 6.45) is -4.52. The Bertz CT molecular complexity index is 806. The third-order valence-corrected chi connectivity index (χ3v) is 4.16. The Balaban J connectivity index is 1.85. The van der Waals surface area contributed by atoms with E-state index in [0.29, 0.717) is 5.69 Å². The van der Waals surface area contributed by atoms with Crippen LogP contribution in [-0.2, 0) is 16.1 Å². The Morgan fingerprint density at radius 3 is 2.14 bits per heavy atom. The normalized spacial score (nSPS) is 12.5. The Kier molecular flexibility index (Phi) is 7.78. The number of amides is 2. The third-order valence-electron chi connectivity index (χ3n) is 4.16. The molecular formula is C21H24F3N3O2. The topological polar surface area (TPSA) is 70.2 Å². The van der Waals surface area contributed by atoms with Gasteiger partial charge in [-0.05, 0) is 23.3 Å². The second-order valence-electron chi connectivity index (χ2n) is 6.88. The fourth-order valence-electron chi connectivity index (χ4n) is 2.52. The van der Waals surface area contributed by atoms with Gasteiger partial charge in [-0.2, -0.15) is 13.2 Å². The Labute approximate surface area is 167 Å². The number of rotatable bonds is 8. The van der Waals surface area contributed by atoms with Gasteiger partial charge in [0.25, 0.3) is 0 Å². The van der Waals surface area contributed by atoms with Gasteiger partial charge in [0.1, 0.15) is 6.04 Å². The molecule has 2 aromatic carbocycles. The number of anilines is 1. The van der Waals surface area contributed by atoms with Crippen LogP contribution >= 0.6 is 0 Å². The summed E-state index contributed by atoms with van der Waals surface area (Å²) in [6, 6.07) is 12.3. The van der Waals surface area contributed by atoms with Crippen molar-refractivity contribution in [1.82, 2.24) is 10.6 Å². The highest BCUT2D eigenvalue weighted by atomic mass is 19.4. The first-order valence-corrected chi connectivity index (χ1v) is 9.18. The van der Waals surface area contributed by atoms with Gasteiger partial charge >= 0.3 is 6.18 Å². The van der Waals surface area contributed by atoms with Crippen LogP contribution in [0.1, 0.15) is 31.0 Å². The first-order chi connectivity index (χ1) is 13.7. The summed E-state index contributed by atoms with van der Waals surface area (Å²) in [5.41, 5.74) is 1.44. The molecule has 3 N–H and O–H groups in total. The first-order valence-electron chi connectivity index (χ1n) is 9.18. The molecule has 8 heteroatoms. The number of hydrogen-bond donors (Lipinski definition) is 3. The van der Waals surface area contributed by atoms with Crippen molar-refractivity contribution in [3.05, 3.63) is 65.7 Å². The average molecular weight is 407 g/mol. The van der Waals surface area contributed by atoms with E-state index in [0.717, 1.165) is 5.56 Å². The lowest BCUT2D eigenvalue weighted by atomic mass is 10.1. The van der Waals surface area contributed by atoms with Gasteiger partial charge in [-0.1, -0.05) is 56.3 Å². The fourth-order valence-corrected chi connectivity index (χ4v) is 2.52. The summed E-state index contributed by atoms with van der Waals surface area (Å²) in [7, 11) is 0. The molecule has 29 heavy (non-hydrogen) atoms. The SMILES string of the molecule is CC(C)C(=O)Nc1ccc(CNC(=O)CNC(c2ccccc2)C(F)(F)F)cc1. The highest BCUT2D eigenvalue weighted by molar-refractivity contribution is 5.92. The van der Waals surface area contributed by atoms with Gasteiger partial charge in [0.2, 0.25) is 11.8 Å². The van der Waals surface area contributed by atoms with E-state index in [1.165, 1.54) is 24.3 Å². The van der Waals surface area contributed by atoms with Crippen LogP contribution in [0.4, 0.5) is 18.9 Å². The number of benzene rings is 2. The zero-order valence-electron chi connectivity index (χ0n) is 16.2. The van der Waals surface area contributed by atoms with E-state index in [9.17, 15) is 22.8 Å². The number of carbonyl (C=O) groups is 2. The minimum Gasteiger partial charge on any atom is -0.351 e. The second-order valence-corrected chi connectivity index (χ2v) is 6.88. The van der Waals surface area contributed by atoms with Crippen LogP contribution in [0.5, 0.6) is 0 Å². The summed E-state index contributed by atoms with van der Waals surface area (Å²) >= 11 is 0. The van der Waals surface area contributed by atoms with Crippen molar-refractivity contribution in [1.29, 1.82) is 0 Å². The molecule has 0 bridgehead atoms. The van der Waals surface area contributed by atoms with Crippen LogP contribution in [-0.4, -0.2) is 24.5 Å². The number of alkyl halides is 3. The maximum Gasteiger partial charge on any atom is 0.407 e. The van der Waals surface area contributed by atoms with E-state index in [2.05, 4.69) is 16.0 Å². The minimum atomic E-state index is -4.52. The molecule has 1 atom stereocenters. The van der Waals surface area contributed by atoms with Crippen molar-refractivity contribution < 1.29 is 22.8 Å². The quantitative estimate of drug-likeness (QED) is 0.624. The highest BCUT2D eigenvalue weighted by Crippen LogP contribution is 2.32. The molecule has 0 saturated carbocycles. The molecule has 0 spiro atoms. The largest absolute Gasteiger partial charge is 0.407 e. The van der Waals surface area contributed by atoms with Gasteiger partial charge in [0, 0.05) is 18.2 Å². The first kappa shape index (κ1) is 22.4. The van der Waals surface area contributed by atoms with Crippen molar-refractivity contribution in [2.45, 2.75) is 32.6 Å². The van der Waals surface area contributed by atoms with Crippen molar-refractivity contribution in [3.8, 4) is 0 Å². The van der Waals surface area contributed by atoms with E-state index in [4.69, 9.17) is 0 Å². The molecule has 0 fully saturated rings. The zero-order valence-corrected chi connectivity index (χ0v) is 16.2. The summed E-state index contributed by atoms with van der Waals surface area (Å²) < 4.78 is 39.8. The van der Waals surface area contributed by atoms with Crippen molar-refractivity contribution in [2.24, 2.45) is 5.92 Å². The predicted molar refractivity (Wildman–Crippen MR) is 105 cm³/mol. The molecule has 0 heterocycles. The molecule has 0 aliphatic carbocycles. The summed E-state index contributed by atoms with van der Waals surface area (Å²) in [4.78, 5) is 23.6. The van der Waals surface area contributed by atoms with Crippen LogP contribution in [0, 0.1) is 5.92 Å². The number of carbonyl (C=O) groups excluding carboxylic acids is 2. The van der Waals surface area contributed by atoms with E-state index >= 15 is 0 Å². The van der Waals surface area contributed by atoms with E-state index in [1.807, 2.05) is 0 Å². The van der Waals surface area contributed by atoms with Crippen molar-refractivity contribution in [2.75, 3.05) is 11.9 Å². The molecule has 0 radical (unpaired) electrons. The highest BCUT2D eigenvalue weighted by Gasteiger charge is 2.40. The molecular weight excluding hydrogens is 383 g/mol. The van der Waals surface area contributed by atoms with Gasteiger partial charge in [-0.3, -0.25) is 14.9 Å². The number of nitrogens with one attached hydrogen (secondary N) is 3. The molecule has 0 aromatic heterocycles. The van der Waals surface area contributed by atoms with E-state index in [1.54, 1.807) is 44.2 Å². The van der Waals surface area contributed by atoms with E-state index in [-0.39, 0.29) is 23.9 Å². The van der Waals surface area contributed by atoms with Crippen LogP contribution in [0.3, 0.4) is 0 Å². The molecule has 1 unspecified atom stereocenters. The van der Waals surface area contributed by atoms with E-state index < -0.39 is 24.7 Å². The summed E-state index contributed by atoms with van der Waals surface area (Å²) in [5, 5.41) is 7.60. The van der Waals surface area contributed by atoms with Gasteiger partial charge in [0.15, 0.2) is 0 Å². The molecule has 2 rings (SSSR count). The fraction of sp³-hybridized carbons (Fsp3) is 0.333. The second kappa shape index (κ2) is 10.1. The number of hydrogen-bond acceptors (Lipinski definition) is 3. The van der Waals surface area contributed by atoms with Crippen LogP contribution in [0.25, 0.3) is 0 Å². The lowest BCUT2D eigenvalue weighted by Gasteiger charge is -2.22. The molecule has 5 nitrogen and oxygen atoms in total. The molecule has 0 aliphatic heterocycles. The van der Waals surface area contributed by atoms with Crippen molar-refractivity contribution in [3.63, 3.8) is 0 Å². The zero-order chi connectivity index (χ0) is 21.4. The summed E-state index contributed by atoms with van der Waals surface area (Å²) in [6.45, 7) is 3.27. The minimum absolute atomic E-state index is 0.0480. The third kappa shape index (κ3) is 7.23. The van der Waals surface area contributed by atoms with Crippen LogP contribution in [0.2, 0.25) is 0 Å². The van der Waals surface area contributed by atoms with Crippen molar-refractivity contribution >= 4 is 17.5 Å². The molecule has 2 amide bonds. The van der Waals surface area contributed by atoms with Crippen LogP contribution in [0.15, 0.2) is 54.6 Å². The van der Waals surface area contributed by atoms with Gasteiger partial charge in [0.05, 0.1) is 6.54 Å². The summed E-state index contributed by atoms with van der Waals surface area (Å²) in [5.74, 6) is -0.792. The standard InChI is InChI=1S/C21H24F3N3O2/c1-14(2)20(29)27-17-10-8-15(9-11-17)12-25-18(28)13-26-19(21(22,23)24)16-6-4-3-5-7-16/h3-11,14,19,26H,12-13H2,1-2H3,(H,25,28)(H,27,29).